The van der Waals surface area contributed by atoms with Crippen LogP contribution in [0.4, 0.5) is 10.1 Å². The van der Waals surface area contributed by atoms with E-state index in [1.807, 2.05) is 6.07 Å². The Morgan fingerprint density at radius 1 is 1.00 bits per heavy atom. The average molecular weight is 471 g/mol. The SMILES string of the molecule is C[C@@H](NC(=O)CN(c1ccc(F)cc1)S(=O)(=O)c1ccccc1)c1ccc2c(c1)OCCO2. The van der Waals surface area contributed by atoms with E-state index in [0.717, 1.165) is 22.0 Å². The third-order valence-corrected chi connectivity index (χ3v) is 6.96. The van der Waals surface area contributed by atoms with Gasteiger partial charge < -0.3 is 14.8 Å². The Hall–Kier alpha value is -3.59. The Labute approximate surface area is 191 Å². The van der Waals surface area contributed by atoms with Crippen LogP contribution in [0.2, 0.25) is 0 Å². The number of hydrogen-bond acceptors (Lipinski definition) is 5. The normalized spacial score (nSPS) is 13.8. The van der Waals surface area contributed by atoms with Gasteiger partial charge in [0.05, 0.1) is 16.6 Å². The first-order valence-electron chi connectivity index (χ1n) is 10.4. The molecule has 3 aromatic rings. The van der Waals surface area contributed by atoms with Gasteiger partial charge in [-0.3, -0.25) is 9.10 Å². The Balaban J connectivity index is 1.56. The summed E-state index contributed by atoms with van der Waals surface area (Å²) in [5.41, 5.74) is 0.967. The topological polar surface area (TPSA) is 84.9 Å². The first-order valence-corrected chi connectivity index (χ1v) is 11.8. The van der Waals surface area contributed by atoms with E-state index < -0.39 is 34.3 Å². The molecule has 33 heavy (non-hydrogen) atoms. The molecule has 0 saturated carbocycles. The Morgan fingerprint density at radius 3 is 2.36 bits per heavy atom. The van der Waals surface area contributed by atoms with Crippen molar-refractivity contribution >= 4 is 21.6 Å². The maximum atomic E-state index is 13.4. The summed E-state index contributed by atoms with van der Waals surface area (Å²) in [4.78, 5) is 12.9. The maximum absolute atomic E-state index is 13.4. The fourth-order valence-corrected chi connectivity index (χ4v) is 4.91. The summed E-state index contributed by atoms with van der Waals surface area (Å²) < 4.78 is 52.1. The first-order chi connectivity index (χ1) is 15.8. The van der Waals surface area contributed by atoms with Crippen molar-refractivity contribution in [2.45, 2.75) is 17.9 Å². The third-order valence-electron chi connectivity index (χ3n) is 5.18. The summed E-state index contributed by atoms with van der Waals surface area (Å²) in [6.45, 7) is 2.24. The molecule has 0 fully saturated rings. The molecule has 9 heteroatoms. The van der Waals surface area contributed by atoms with Crippen molar-refractivity contribution in [2.75, 3.05) is 24.1 Å². The van der Waals surface area contributed by atoms with Crippen LogP contribution in [0.5, 0.6) is 11.5 Å². The monoisotopic (exact) mass is 470 g/mol. The highest BCUT2D eigenvalue weighted by molar-refractivity contribution is 7.92. The minimum Gasteiger partial charge on any atom is -0.486 e. The summed E-state index contributed by atoms with van der Waals surface area (Å²) in [7, 11) is -4.06. The van der Waals surface area contributed by atoms with Crippen LogP contribution < -0.4 is 19.1 Å². The molecule has 1 aliphatic heterocycles. The van der Waals surface area contributed by atoms with Crippen molar-refractivity contribution in [3.05, 3.63) is 84.2 Å². The number of ether oxygens (including phenoxy) is 2. The number of hydrogen-bond donors (Lipinski definition) is 1. The second-order valence-corrected chi connectivity index (χ2v) is 9.36. The van der Waals surface area contributed by atoms with Crippen LogP contribution in [-0.2, 0) is 14.8 Å². The fourth-order valence-electron chi connectivity index (χ4n) is 3.47. The number of rotatable bonds is 7. The molecule has 1 heterocycles. The molecule has 4 rings (SSSR count). The molecule has 0 saturated heterocycles. The molecule has 0 aliphatic carbocycles. The highest BCUT2D eigenvalue weighted by Gasteiger charge is 2.28. The van der Waals surface area contributed by atoms with Gasteiger partial charge in [0.1, 0.15) is 25.6 Å². The van der Waals surface area contributed by atoms with Crippen molar-refractivity contribution in [3.8, 4) is 11.5 Å². The standard InChI is InChI=1S/C24H23FN2O5S/c1-17(18-7-12-22-23(15-18)32-14-13-31-22)26-24(28)16-27(20-10-8-19(25)9-11-20)33(29,30)21-5-3-2-4-6-21/h2-12,15,17H,13-14,16H2,1H3,(H,26,28)/t17-/m1/s1. The number of carbonyl (C=O) groups excluding carboxylic acids is 1. The highest BCUT2D eigenvalue weighted by Crippen LogP contribution is 2.32. The van der Waals surface area contributed by atoms with Crippen molar-refractivity contribution in [1.82, 2.24) is 5.32 Å². The van der Waals surface area contributed by atoms with Crippen molar-refractivity contribution < 1.29 is 27.1 Å². The Morgan fingerprint density at radius 2 is 1.67 bits per heavy atom. The lowest BCUT2D eigenvalue weighted by molar-refractivity contribution is -0.120. The Kier molecular flexibility index (Phi) is 6.50. The molecule has 1 N–H and O–H groups in total. The van der Waals surface area contributed by atoms with Gasteiger partial charge in [0.15, 0.2) is 11.5 Å². The molecular weight excluding hydrogens is 447 g/mol. The molecule has 0 aromatic heterocycles. The molecule has 0 unspecified atom stereocenters. The number of anilines is 1. The van der Waals surface area contributed by atoms with Gasteiger partial charge in [0.2, 0.25) is 5.91 Å². The van der Waals surface area contributed by atoms with Crippen LogP contribution in [0.1, 0.15) is 18.5 Å². The number of amides is 1. The van der Waals surface area contributed by atoms with Gasteiger partial charge in [-0.1, -0.05) is 24.3 Å². The second-order valence-electron chi connectivity index (χ2n) is 7.49. The number of nitrogens with one attached hydrogen (secondary N) is 1. The molecule has 1 amide bonds. The van der Waals surface area contributed by atoms with Gasteiger partial charge in [-0.15, -0.1) is 0 Å². The van der Waals surface area contributed by atoms with Crippen LogP contribution in [0.15, 0.2) is 77.7 Å². The lowest BCUT2D eigenvalue weighted by Crippen LogP contribution is -2.41. The van der Waals surface area contributed by atoms with E-state index in [0.29, 0.717) is 24.7 Å². The summed E-state index contributed by atoms with van der Waals surface area (Å²) in [5, 5.41) is 2.82. The molecule has 0 radical (unpaired) electrons. The van der Waals surface area contributed by atoms with Gasteiger partial charge in [0, 0.05) is 0 Å². The second kappa shape index (κ2) is 9.50. The summed E-state index contributed by atoms with van der Waals surface area (Å²) in [5.74, 6) is 0.216. The first kappa shape index (κ1) is 22.6. The smallest absolute Gasteiger partial charge is 0.264 e. The summed E-state index contributed by atoms with van der Waals surface area (Å²) >= 11 is 0. The minimum atomic E-state index is -4.06. The molecular formula is C24H23FN2O5S. The summed E-state index contributed by atoms with van der Waals surface area (Å²) in [6, 6.07) is 17.7. The van der Waals surface area contributed by atoms with E-state index in [9.17, 15) is 17.6 Å². The molecule has 0 spiro atoms. The largest absolute Gasteiger partial charge is 0.486 e. The van der Waals surface area contributed by atoms with Crippen LogP contribution in [0, 0.1) is 5.82 Å². The van der Waals surface area contributed by atoms with Gasteiger partial charge in [-0.05, 0) is 61.0 Å². The van der Waals surface area contributed by atoms with E-state index in [2.05, 4.69) is 5.32 Å². The zero-order chi connectivity index (χ0) is 23.4. The van der Waals surface area contributed by atoms with Gasteiger partial charge >= 0.3 is 0 Å². The van der Waals surface area contributed by atoms with Crippen molar-refractivity contribution in [1.29, 1.82) is 0 Å². The van der Waals surface area contributed by atoms with E-state index in [-0.39, 0.29) is 10.6 Å². The van der Waals surface area contributed by atoms with E-state index >= 15 is 0 Å². The highest BCUT2D eigenvalue weighted by atomic mass is 32.2. The van der Waals surface area contributed by atoms with Crippen molar-refractivity contribution in [2.24, 2.45) is 0 Å². The molecule has 0 bridgehead atoms. The number of nitrogens with zero attached hydrogens (tertiary/aromatic N) is 1. The predicted octanol–water partition coefficient (Wildman–Crippen LogP) is 3.67. The molecule has 1 atom stereocenters. The quantitative estimate of drug-likeness (QED) is 0.570. The number of sulfonamides is 1. The van der Waals surface area contributed by atoms with Gasteiger partial charge in [-0.2, -0.15) is 0 Å². The predicted molar refractivity (Wildman–Crippen MR) is 121 cm³/mol. The van der Waals surface area contributed by atoms with Crippen LogP contribution in [-0.4, -0.2) is 34.1 Å². The van der Waals surface area contributed by atoms with Crippen molar-refractivity contribution in [3.63, 3.8) is 0 Å². The van der Waals surface area contributed by atoms with E-state index in [4.69, 9.17) is 9.47 Å². The third kappa shape index (κ3) is 5.09. The van der Waals surface area contributed by atoms with E-state index in [1.54, 1.807) is 37.3 Å². The van der Waals surface area contributed by atoms with Crippen LogP contribution >= 0.6 is 0 Å². The molecule has 3 aromatic carbocycles. The fraction of sp³-hybridized carbons (Fsp3) is 0.208. The number of halogens is 1. The summed E-state index contributed by atoms with van der Waals surface area (Å²) in [6.07, 6.45) is 0. The lowest BCUT2D eigenvalue weighted by atomic mass is 10.1. The molecule has 1 aliphatic rings. The van der Waals surface area contributed by atoms with Crippen LogP contribution in [0.25, 0.3) is 0 Å². The minimum absolute atomic E-state index is 0.0296. The zero-order valence-electron chi connectivity index (χ0n) is 17.9. The number of carbonyl (C=O) groups is 1. The molecule has 7 nitrogen and oxygen atoms in total. The molecule has 172 valence electrons. The average Bonchev–Trinajstić information content (AvgIpc) is 2.83. The number of fused-ring (bicyclic) bond motifs is 1. The zero-order valence-corrected chi connectivity index (χ0v) is 18.7. The van der Waals surface area contributed by atoms with E-state index in [1.165, 1.54) is 24.3 Å². The maximum Gasteiger partial charge on any atom is 0.264 e. The lowest BCUT2D eigenvalue weighted by Gasteiger charge is -2.25. The number of benzene rings is 3. The Bertz CT molecular complexity index is 1230. The van der Waals surface area contributed by atoms with Gasteiger partial charge in [-0.25, -0.2) is 12.8 Å². The van der Waals surface area contributed by atoms with Crippen LogP contribution in [0.3, 0.4) is 0 Å². The van der Waals surface area contributed by atoms with Gasteiger partial charge in [0.25, 0.3) is 10.0 Å².